The Balaban J connectivity index is 2.24. The van der Waals surface area contributed by atoms with Gasteiger partial charge < -0.3 is 5.73 Å². The monoisotopic (exact) mass is 203 g/mol. The third kappa shape index (κ3) is 2.07. The van der Waals surface area contributed by atoms with Crippen LogP contribution in [0.4, 0.5) is 0 Å². The first-order chi connectivity index (χ1) is 7.11. The zero-order chi connectivity index (χ0) is 11.0. The van der Waals surface area contributed by atoms with Crippen LogP contribution in [0.15, 0.2) is 18.2 Å². The van der Waals surface area contributed by atoms with E-state index in [2.05, 4.69) is 39.0 Å². The molecule has 0 radical (unpaired) electrons. The summed E-state index contributed by atoms with van der Waals surface area (Å²) in [4.78, 5) is 0. The van der Waals surface area contributed by atoms with Gasteiger partial charge in [-0.15, -0.1) is 0 Å². The molecule has 1 aromatic carbocycles. The van der Waals surface area contributed by atoms with E-state index in [9.17, 15) is 0 Å². The Morgan fingerprint density at radius 3 is 2.53 bits per heavy atom. The van der Waals surface area contributed by atoms with E-state index in [4.69, 9.17) is 5.73 Å². The summed E-state index contributed by atoms with van der Waals surface area (Å²) >= 11 is 0. The van der Waals surface area contributed by atoms with Crippen LogP contribution >= 0.6 is 0 Å². The number of benzene rings is 1. The summed E-state index contributed by atoms with van der Waals surface area (Å²) in [6.07, 6.45) is 2.75. The normalized spacial score (nSPS) is 20.0. The van der Waals surface area contributed by atoms with E-state index in [0.29, 0.717) is 5.92 Å². The Kier molecular flexibility index (Phi) is 2.83. The lowest BCUT2D eigenvalue weighted by molar-refractivity contribution is 0.416. The maximum Gasteiger partial charge on any atom is 0.0326 e. The van der Waals surface area contributed by atoms with Crippen molar-refractivity contribution < 1.29 is 0 Å². The molecule has 1 heteroatoms. The predicted molar refractivity (Wildman–Crippen MR) is 64.7 cm³/mol. The summed E-state index contributed by atoms with van der Waals surface area (Å²) in [5.74, 6) is 1.51. The second-order valence-electron chi connectivity index (χ2n) is 5.01. The van der Waals surface area contributed by atoms with Crippen LogP contribution in [0.3, 0.4) is 0 Å². The lowest BCUT2D eigenvalue weighted by Gasteiger charge is -2.22. The van der Waals surface area contributed by atoms with Crippen LogP contribution in [-0.4, -0.2) is 0 Å². The van der Waals surface area contributed by atoms with Crippen molar-refractivity contribution in [1.29, 1.82) is 0 Å². The molecule has 1 aliphatic rings. The van der Waals surface area contributed by atoms with Crippen LogP contribution in [0, 0.1) is 25.7 Å². The van der Waals surface area contributed by atoms with E-state index in [1.165, 1.54) is 29.5 Å². The van der Waals surface area contributed by atoms with Crippen molar-refractivity contribution in [3.8, 4) is 0 Å². The van der Waals surface area contributed by atoms with Crippen LogP contribution < -0.4 is 5.73 Å². The fourth-order valence-corrected chi connectivity index (χ4v) is 2.33. The molecule has 0 heterocycles. The van der Waals surface area contributed by atoms with Gasteiger partial charge in [-0.2, -0.15) is 0 Å². The molecule has 1 saturated carbocycles. The molecule has 1 aliphatic carbocycles. The lowest BCUT2D eigenvalue weighted by Crippen LogP contribution is -2.21. The van der Waals surface area contributed by atoms with Gasteiger partial charge in [-0.25, -0.2) is 0 Å². The number of hydrogen-bond donors (Lipinski definition) is 1. The summed E-state index contributed by atoms with van der Waals surface area (Å²) in [6, 6.07) is 6.69. The molecule has 2 N–H and O–H groups in total. The van der Waals surface area contributed by atoms with Crippen molar-refractivity contribution in [1.82, 2.24) is 0 Å². The van der Waals surface area contributed by atoms with E-state index < -0.39 is 0 Å². The van der Waals surface area contributed by atoms with Gasteiger partial charge in [-0.1, -0.05) is 25.1 Å². The first-order valence-corrected chi connectivity index (χ1v) is 5.93. The van der Waals surface area contributed by atoms with Gasteiger partial charge in [-0.3, -0.25) is 0 Å². The molecule has 2 atom stereocenters. The van der Waals surface area contributed by atoms with Gasteiger partial charge in [0.1, 0.15) is 0 Å². The summed E-state index contributed by atoms with van der Waals surface area (Å²) in [7, 11) is 0. The van der Waals surface area contributed by atoms with E-state index in [0.717, 1.165) is 5.92 Å². The second-order valence-corrected chi connectivity index (χ2v) is 5.01. The van der Waals surface area contributed by atoms with Gasteiger partial charge in [0.15, 0.2) is 0 Å². The highest BCUT2D eigenvalue weighted by Gasteiger charge is 2.32. The topological polar surface area (TPSA) is 26.0 Å². The van der Waals surface area contributed by atoms with Crippen LogP contribution in [0.5, 0.6) is 0 Å². The Bertz CT molecular complexity index is 352. The molecule has 1 aromatic rings. The van der Waals surface area contributed by atoms with Crippen LogP contribution in [0.1, 0.15) is 42.5 Å². The molecule has 0 spiro atoms. The lowest BCUT2D eigenvalue weighted by atomic mass is 9.88. The van der Waals surface area contributed by atoms with E-state index in [1.807, 2.05) is 0 Å². The third-order valence-electron chi connectivity index (χ3n) is 3.94. The Morgan fingerprint density at radius 2 is 1.93 bits per heavy atom. The molecule has 2 unspecified atom stereocenters. The minimum absolute atomic E-state index is 0.220. The fourth-order valence-electron chi connectivity index (χ4n) is 2.33. The molecular formula is C14H21N. The van der Waals surface area contributed by atoms with Crippen molar-refractivity contribution in [3.63, 3.8) is 0 Å². The first kappa shape index (κ1) is 10.7. The van der Waals surface area contributed by atoms with Gasteiger partial charge in [0, 0.05) is 6.04 Å². The SMILES string of the molecule is Cc1cccc(C(N)C(C)C2CC2)c1C. The zero-order valence-corrected chi connectivity index (χ0v) is 9.96. The molecule has 1 fully saturated rings. The van der Waals surface area contributed by atoms with Crippen LogP contribution in [-0.2, 0) is 0 Å². The number of rotatable bonds is 3. The molecule has 82 valence electrons. The van der Waals surface area contributed by atoms with Gasteiger partial charge in [0.2, 0.25) is 0 Å². The highest BCUT2D eigenvalue weighted by Crippen LogP contribution is 2.42. The number of aryl methyl sites for hydroxylation is 1. The Morgan fingerprint density at radius 1 is 1.27 bits per heavy atom. The third-order valence-corrected chi connectivity index (χ3v) is 3.94. The first-order valence-electron chi connectivity index (χ1n) is 5.93. The van der Waals surface area contributed by atoms with Crippen molar-refractivity contribution in [2.45, 2.75) is 39.7 Å². The molecule has 0 saturated heterocycles. The predicted octanol–water partition coefficient (Wildman–Crippen LogP) is 3.35. The van der Waals surface area contributed by atoms with E-state index >= 15 is 0 Å². The Hall–Kier alpha value is -0.820. The molecule has 0 bridgehead atoms. The number of nitrogens with two attached hydrogens (primary N) is 1. The van der Waals surface area contributed by atoms with Gasteiger partial charge in [-0.05, 0) is 55.2 Å². The molecule has 1 nitrogen and oxygen atoms in total. The standard InChI is InChI=1S/C14H21N/c1-9-5-4-6-13(10(9)2)14(15)11(3)12-7-8-12/h4-6,11-12,14H,7-8,15H2,1-3H3. The smallest absolute Gasteiger partial charge is 0.0326 e. The molecule has 0 amide bonds. The van der Waals surface area contributed by atoms with Crippen molar-refractivity contribution in [2.24, 2.45) is 17.6 Å². The maximum absolute atomic E-state index is 6.35. The largest absolute Gasteiger partial charge is 0.324 e. The van der Waals surface area contributed by atoms with Gasteiger partial charge in [0.25, 0.3) is 0 Å². The van der Waals surface area contributed by atoms with Crippen molar-refractivity contribution in [3.05, 3.63) is 34.9 Å². The zero-order valence-electron chi connectivity index (χ0n) is 9.96. The van der Waals surface area contributed by atoms with Crippen LogP contribution in [0.2, 0.25) is 0 Å². The minimum atomic E-state index is 0.220. The van der Waals surface area contributed by atoms with Crippen molar-refractivity contribution in [2.75, 3.05) is 0 Å². The molecule has 2 rings (SSSR count). The molecule has 0 aliphatic heterocycles. The molecule has 15 heavy (non-hydrogen) atoms. The fraction of sp³-hybridized carbons (Fsp3) is 0.571. The maximum atomic E-state index is 6.35. The highest BCUT2D eigenvalue weighted by atomic mass is 14.7. The average molecular weight is 203 g/mol. The summed E-state index contributed by atoms with van der Waals surface area (Å²) < 4.78 is 0. The average Bonchev–Trinajstić information content (AvgIpc) is 3.03. The van der Waals surface area contributed by atoms with Gasteiger partial charge >= 0.3 is 0 Å². The summed E-state index contributed by atoms with van der Waals surface area (Å²) in [6.45, 7) is 6.64. The highest BCUT2D eigenvalue weighted by molar-refractivity contribution is 5.35. The second kappa shape index (κ2) is 3.97. The summed E-state index contributed by atoms with van der Waals surface area (Å²) in [5.41, 5.74) is 10.4. The minimum Gasteiger partial charge on any atom is -0.324 e. The quantitative estimate of drug-likeness (QED) is 0.801. The van der Waals surface area contributed by atoms with Crippen LogP contribution in [0.25, 0.3) is 0 Å². The van der Waals surface area contributed by atoms with E-state index in [1.54, 1.807) is 0 Å². The van der Waals surface area contributed by atoms with Crippen molar-refractivity contribution >= 4 is 0 Å². The van der Waals surface area contributed by atoms with Gasteiger partial charge in [0.05, 0.1) is 0 Å². The number of hydrogen-bond acceptors (Lipinski definition) is 1. The molecular weight excluding hydrogens is 182 g/mol. The summed E-state index contributed by atoms with van der Waals surface area (Å²) in [5, 5.41) is 0. The molecule has 0 aromatic heterocycles. The Labute approximate surface area is 92.7 Å². The van der Waals surface area contributed by atoms with E-state index in [-0.39, 0.29) is 6.04 Å².